The van der Waals surface area contributed by atoms with Crippen LogP contribution < -0.4 is 5.32 Å². The first kappa shape index (κ1) is 14.9. The molecule has 0 bridgehead atoms. The number of hydrogen-bond donors (Lipinski definition) is 1. The number of sulfone groups is 1. The Bertz CT molecular complexity index is 310. The maximum Gasteiger partial charge on any atom is 0.150 e. The predicted octanol–water partition coefficient (Wildman–Crippen LogP) is 1.22. The summed E-state index contributed by atoms with van der Waals surface area (Å²) in [6, 6.07) is 0. The van der Waals surface area contributed by atoms with Gasteiger partial charge in [-0.3, -0.25) is 0 Å². The standard InChI is InChI=1S/C12H25NO3S/c1-3-17(14,15)10-4-8-13-11-12(5-6-12)7-9-16-2/h13H,3-11H2,1-2H3. The molecule has 0 amide bonds. The summed E-state index contributed by atoms with van der Waals surface area (Å²) in [5.74, 6) is 0.562. The zero-order chi connectivity index (χ0) is 12.8. The predicted molar refractivity (Wildman–Crippen MR) is 70.0 cm³/mol. The topological polar surface area (TPSA) is 55.4 Å². The van der Waals surface area contributed by atoms with Crippen molar-refractivity contribution in [1.29, 1.82) is 0 Å². The Morgan fingerprint density at radius 1 is 1.35 bits per heavy atom. The minimum atomic E-state index is -2.79. The highest BCUT2D eigenvalue weighted by molar-refractivity contribution is 7.91. The molecule has 5 heteroatoms. The quantitative estimate of drug-likeness (QED) is 0.602. The molecule has 17 heavy (non-hydrogen) atoms. The maximum absolute atomic E-state index is 11.3. The van der Waals surface area contributed by atoms with Gasteiger partial charge in [0.2, 0.25) is 0 Å². The Morgan fingerprint density at radius 3 is 2.59 bits per heavy atom. The van der Waals surface area contributed by atoms with Crippen molar-refractivity contribution in [3.05, 3.63) is 0 Å². The molecule has 0 aliphatic heterocycles. The van der Waals surface area contributed by atoms with Crippen molar-refractivity contribution in [2.45, 2.75) is 32.6 Å². The fourth-order valence-corrected chi connectivity index (χ4v) is 2.80. The highest BCUT2D eigenvalue weighted by atomic mass is 32.2. The number of ether oxygens (including phenoxy) is 1. The van der Waals surface area contributed by atoms with Crippen molar-refractivity contribution in [3.63, 3.8) is 0 Å². The van der Waals surface area contributed by atoms with Crippen LogP contribution in [0.5, 0.6) is 0 Å². The van der Waals surface area contributed by atoms with Gasteiger partial charge in [0, 0.05) is 26.0 Å². The molecule has 0 aromatic carbocycles. The summed E-state index contributed by atoms with van der Waals surface area (Å²) in [5, 5.41) is 3.37. The number of rotatable bonds is 10. The lowest BCUT2D eigenvalue weighted by molar-refractivity contribution is 0.171. The molecule has 102 valence electrons. The van der Waals surface area contributed by atoms with Gasteiger partial charge >= 0.3 is 0 Å². The summed E-state index contributed by atoms with van der Waals surface area (Å²) in [6.45, 7) is 4.33. The number of nitrogens with one attached hydrogen (secondary N) is 1. The van der Waals surface area contributed by atoms with E-state index in [1.54, 1.807) is 14.0 Å². The van der Waals surface area contributed by atoms with Gasteiger partial charge in [0.1, 0.15) is 9.84 Å². The first-order chi connectivity index (χ1) is 8.04. The summed E-state index contributed by atoms with van der Waals surface area (Å²) >= 11 is 0. The van der Waals surface area contributed by atoms with E-state index < -0.39 is 9.84 Å². The first-order valence-corrected chi connectivity index (χ1v) is 8.26. The zero-order valence-corrected chi connectivity index (χ0v) is 11.8. The highest BCUT2D eigenvalue weighted by Crippen LogP contribution is 2.48. The van der Waals surface area contributed by atoms with Crippen molar-refractivity contribution >= 4 is 9.84 Å². The van der Waals surface area contributed by atoms with Crippen LogP contribution in [0.3, 0.4) is 0 Å². The van der Waals surface area contributed by atoms with Crippen molar-refractivity contribution < 1.29 is 13.2 Å². The van der Waals surface area contributed by atoms with Crippen LogP contribution in [-0.4, -0.2) is 46.7 Å². The van der Waals surface area contributed by atoms with E-state index in [4.69, 9.17) is 4.74 Å². The highest BCUT2D eigenvalue weighted by Gasteiger charge is 2.41. The molecule has 0 atom stereocenters. The molecule has 0 spiro atoms. The van der Waals surface area contributed by atoms with E-state index in [2.05, 4.69) is 5.32 Å². The second-order valence-corrected chi connectivity index (χ2v) is 7.48. The lowest BCUT2D eigenvalue weighted by Gasteiger charge is -2.15. The second-order valence-electron chi connectivity index (χ2n) is 5.01. The van der Waals surface area contributed by atoms with Gasteiger partial charge in [0.15, 0.2) is 0 Å². The fraction of sp³-hybridized carbons (Fsp3) is 1.00. The molecule has 4 nitrogen and oxygen atoms in total. The fourth-order valence-electron chi connectivity index (χ4n) is 1.93. The van der Waals surface area contributed by atoms with E-state index in [0.29, 0.717) is 11.2 Å². The van der Waals surface area contributed by atoms with E-state index in [9.17, 15) is 8.42 Å². The largest absolute Gasteiger partial charge is 0.385 e. The summed E-state index contributed by atoms with van der Waals surface area (Å²) in [6.07, 6.45) is 4.38. The van der Waals surface area contributed by atoms with Gasteiger partial charge in [-0.15, -0.1) is 0 Å². The van der Waals surface area contributed by atoms with Crippen molar-refractivity contribution in [1.82, 2.24) is 5.32 Å². The third-order valence-electron chi connectivity index (χ3n) is 3.54. The molecule has 0 radical (unpaired) electrons. The van der Waals surface area contributed by atoms with E-state index in [0.717, 1.165) is 32.5 Å². The molecule has 0 saturated heterocycles. The molecule has 1 fully saturated rings. The normalized spacial score (nSPS) is 18.2. The molecule has 0 aromatic rings. The lowest BCUT2D eigenvalue weighted by atomic mass is 10.0. The minimum Gasteiger partial charge on any atom is -0.385 e. The van der Waals surface area contributed by atoms with Gasteiger partial charge in [0.05, 0.1) is 5.75 Å². The second kappa shape index (κ2) is 6.71. The van der Waals surface area contributed by atoms with Gasteiger partial charge in [-0.25, -0.2) is 8.42 Å². The van der Waals surface area contributed by atoms with Gasteiger partial charge in [-0.1, -0.05) is 6.92 Å². The summed E-state index contributed by atoms with van der Waals surface area (Å²) < 4.78 is 27.6. The van der Waals surface area contributed by atoms with Crippen LogP contribution in [-0.2, 0) is 14.6 Å². The average Bonchev–Trinajstić information content (AvgIpc) is 3.07. The maximum atomic E-state index is 11.3. The van der Waals surface area contributed by atoms with Gasteiger partial charge in [0.25, 0.3) is 0 Å². The third-order valence-corrected chi connectivity index (χ3v) is 5.33. The van der Waals surface area contributed by atoms with Crippen molar-refractivity contribution in [3.8, 4) is 0 Å². The van der Waals surface area contributed by atoms with Crippen LogP contribution in [0.4, 0.5) is 0 Å². The van der Waals surface area contributed by atoms with Gasteiger partial charge in [-0.2, -0.15) is 0 Å². The van der Waals surface area contributed by atoms with Crippen LogP contribution in [0.2, 0.25) is 0 Å². The van der Waals surface area contributed by atoms with E-state index in [1.165, 1.54) is 12.8 Å². The lowest BCUT2D eigenvalue weighted by Crippen LogP contribution is -2.27. The van der Waals surface area contributed by atoms with Crippen LogP contribution in [0.1, 0.15) is 32.6 Å². The van der Waals surface area contributed by atoms with Crippen molar-refractivity contribution in [2.24, 2.45) is 5.41 Å². The van der Waals surface area contributed by atoms with E-state index in [-0.39, 0.29) is 5.75 Å². The third kappa shape index (κ3) is 5.84. The molecule has 0 unspecified atom stereocenters. The molecule has 1 aliphatic carbocycles. The zero-order valence-electron chi connectivity index (χ0n) is 11.0. The molecule has 0 heterocycles. The Kier molecular flexibility index (Phi) is 5.89. The summed E-state index contributed by atoms with van der Waals surface area (Å²) in [4.78, 5) is 0. The monoisotopic (exact) mass is 263 g/mol. The molecular formula is C12H25NO3S. The van der Waals surface area contributed by atoms with Crippen LogP contribution in [0.15, 0.2) is 0 Å². The van der Waals surface area contributed by atoms with Crippen molar-refractivity contribution in [2.75, 3.05) is 38.3 Å². The van der Waals surface area contributed by atoms with Gasteiger partial charge in [-0.05, 0) is 37.6 Å². The van der Waals surface area contributed by atoms with E-state index >= 15 is 0 Å². The Balaban J connectivity index is 2.05. The van der Waals surface area contributed by atoms with Crippen LogP contribution in [0.25, 0.3) is 0 Å². The van der Waals surface area contributed by atoms with Crippen LogP contribution >= 0.6 is 0 Å². The molecule has 0 aromatic heterocycles. The van der Waals surface area contributed by atoms with E-state index in [1.807, 2.05) is 0 Å². The minimum absolute atomic E-state index is 0.255. The Morgan fingerprint density at radius 2 is 2.06 bits per heavy atom. The van der Waals surface area contributed by atoms with Gasteiger partial charge < -0.3 is 10.1 Å². The first-order valence-electron chi connectivity index (χ1n) is 6.44. The number of hydrogen-bond acceptors (Lipinski definition) is 4. The Hall–Kier alpha value is -0.130. The van der Waals surface area contributed by atoms with Crippen LogP contribution in [0, 0.1) is 5.41 Å². The number of methoxy groups -OCH3 is 1. The smallest absolute Gasteiger partial charge is 0.150 e. The average molecular weight is 263 g/mol. The summed E-state index contributed by atoms with van der Waals surface area (Å²) in [7, 11) is -1.06. The molecule has 1 N–H and O–H groups in total. The summed E-state index contributed by atoms with van der Waals surface area (Å²) in [5.41, 5.74) is 0.444. The molecule has 1 aliphatic rings. The Labute approximate surface area is 105 Å². The SMILES string of the molecule is CCS(=O)(=O)CCCNCC1(CCOC)CC1. The molecular weight excluding hydrogens is 238 g/mol. The molecule has 1 rings (SSSR count). The molecule has 1 saturated carbocycles.